The Morgan fingerprint density at radius 2 is 1.72 bits per heavy atom. The van der Waals surface area contributed by atoms with Gasteiger partial charge in [0.25, 0.3) is 5.91 Å². The number of nitrogens with zero attached hydrogens (tertiary/aromatic N) is 2. The number of benzene rings is 1. The maximum atomic E-state index is 12.8. The van der Waals surface area contributed by atoms with Crippen molar-refractivity contribution >= 4 is 15.9 Å². The zero-order chi connectivity index (χ0) is 18.8. The molecule has 0 aromatic heterocycles. The van der Waals surface area contributed by atoms with Crippen molar-refractivity contribution in [3.05, 3.63) is 29.8 Å². The Morgan fingerprint density at radius 3 is 2.20 bits per heavy atom. The van der Waals surface area contributed by atoms with Gasteiger partial charge in [-0.2, -0.15) is 4.31 Å². The van der Waals surface area contributed by atoms with Crippen LogP contribution in [0.15, 0.2) is 29.2 Å². The molecule has 2 unspecified atom stereocenters. The molecule has 7 heteroatoms. The second kappa shape index (κ2) is 7.85. The Morgan fingerprint density at radius 1 is 1.20 bits per heavy atom. The molecule has 0 radical (unpaired) electrons. The summed E-state index contributed by atoms with van der Waals surface area (Å²) in [6, 6.07) is 6.19. The molecule has 2 atom stereocenters. The van der Waals surface area contributed by atoms with Gasteiger partial charge < -0.3 is 9.64 Å². The van der Waals surface area contributed by atoms with E-state index in [1.807, 2.05) is 27.7 Å². The Kier molecular flexibility index (Phi) is 6.24. The van der Waals surface area contributed by atoms with Gasteiger partial charge in [-0.1, -0.05) is 13.8 Å². The van der Waals surface area contributed by atoms with Crippen molar-refractivity contribution in [2.75, 3.05) is 26.7 Å². The van der Waals surface area contributed by atoms with Crippen LogP contribution >= 0.6 is 0 Å². The molecule has 0 spiro atoms. The molecule has 0 bridgehead atoms. The second-order valence-electron chi connectivity index (χ2n) is 7.18. The summed E-state index contributed by atoms with van der Waals surface area (Å²) in [5.74, 6) is 0.269. The maximum absolute atomic E-state index is 12.8. The molecule has 140 valence electrons. The molecule has 1 aromatic carbocycles. The molecule has 1 fully saturated rings. The van der Waals surface area contributed by atoms with Crippen LogP contribution < -0.4 is 0 Å². The number of carbonyl (C=O) groups excluding carboxylic acids is 1. The van der Waals surface area contributed by atoms with Crippen LogP contribution in [0.3, 0.4) is 0 Å². The van der Waals surface area contributed by atoms with E-state index in [0.717, 1.165) is 0 Å². The third kappa shape index (κ3) is 4.80. The summed E-state index contributed by atoms with van der Waals surface area (Å²) >= 11 is 0. The average Bonchev–Trinajstić information content (AvgIpc) is 2.52. The van der Waals surface area contributed by atoms with Crippen molar-refractivity contribution < 1.29 is 17.9 Å². The highest BCUT2D eigenvalue weighted by atomic mass is 32.2. The lowest BCUT2D eigenvalue weighted by molar-refractivity contribution is -0.0440. The highest BCUT2D eigenvalue weighted by Gasteiger charge is 2.32. The smallest absolute Gasteiger partial charge is 0.253 e. The first-order chi connectivity index (χ1) is 11.6. The predicted octanol–water partition coefficient (Wildman–Crippen LogP) is 2.21. The Bertz CT molecular complexity index is 690. The first-order valence-corrected chi connectivity index (χ1v) is 10.1. The van der Waals surface area contributed by atoms with Gasteiger partial charge in [-0.15, -0.1) is 0 Å². The molecule has 2 rings (SSSR count). The van der Waals surface area contributed by atoms with Crippen LogP contribution in [0.4, 0.5) is 0 Å². The molecule has 6 nitrogen and oxygen atoms in total. The fourth-order valence-corrected chi connectivity index (χ4v) is 4.69. The van der Waals surface area contributed by atoms with E-state index >= 15 is 0 Å². The monoisotopic (exact) mass is 368 g/mol. The molecule has 1 aliphatic heterocycles. The van der Waals surface area contributed by atoms with E-state index in [9.17, 15) is 13.2 Å². The Balaban J connectivity index is 2.17. The first-order valence-electron chi connectivity index (χ1n) is 8.62. The number of hydrogen-bond acceptors (Lipinski definition) is 4. The van der Waals surface area contributed by atoms with Crippen molar-refractivity contribution in [2.24, 2.45) is 5.92 Å². The van der Waals surface area contributed by atoms with Gasteiger partial charge in [0.05, 0.1) is 17.1 Å². The highest BCUT2D eigenvalue weighted by molar-refractivity contribution is 7.89. The quantitative estimate of drug-likeness (QED) is 0.799. The summed E-state index contributed by atoms with van der Waals surface area (Å²) in [6.07, 6.45) is -0.270. The van der Waals surface area contributed by atoms with Gasteiger partial charge in [-0.3, -0.25) is 4.79 Å². The molecule has 25 heavy (non-hydrogen) atoms. The van der Waals surface area contributed by atoms with Crippen LogP contribution in [0.25, 0.3) is 0 Å². The molecular formula is C18H28N2O4S. The molecule has 1 aromatic rings. The van der Waals surface area contributed by atoms with Crippen molar-refractivity contribution in [2.45, 2.75) is 44.8 Å². The lowest BCUT2D eigenvalue weighted by atomic mass is 10.1. The van der Waals surface area contributed by atoms with Gasteiger partial charge >= 0.3 is 0 Å². The molecule has 1 amide bonds. The summed E-state index contributed by atoms with van der Waals surface area (Å²) in [6.45, 7) is 9.15. The number of sulfonamides is 1. The van der Waals surface area contributed by atoms with E-state index in [1.165, 1.54) is 16.4 Å². The van der Waals surface area contributed by atoms with Gasteiger partial charge in [-0.05, 0) is 44.0 Å². The van der Waals surface area contributed by atoms with Crippen molar-refractivity contribution in [3.63, 3.8) is 0 Å². The molecule has 0 saturated carbocycles. The third-order valence-corrected chi connectivity index (χ3v) is 5.96. The van der Waals surface area contributed by atoms with Gasteiger partial charge in [0.2, 0.25) is 10.0 Å². The Labute approximate surface area is 150 Å². The summed E-state index contributed by atoms with van der Waals surface area (Å²) < 4.78 is 32.7. The number of hydrogen-bond donors (Lipinski definition) is 0. The second-order valence-corrected chi connectivity index (χ2v) is 9.12. The number of amides is 1. The van der Waals surface area contributed by atoms with Crippen LogP contribution in [0.2, 0.25) is 0 Å². The minimum Gasteiger partial charge on any atom is -0.373 e. The number of rotatable bonds is 5. The van der Waals surface area contributed by atoms with Gasteiger partial charge in [0, 0.05) is 32.2 Å². The number of ether oxygens (including phenoxy) is 1. The highest BCUT2D eigenvalue weighted by Crippen LogP contribution is 2.21. The lowest BCUT2D eigenvalue weighted by Gasteiger charge is -2.34. The van der Waals surface area contributed by atoms with E-state index in [2.05, 4.69) is 0 Å². The molecule has 1 saturated heterocycles. The average molecular weight is 368 g/mol. The van der Waals surface area contributed by atoms with Crippen LogP contribution in [-0.4, -0.2) is 62.4 Å². The van der Waals surface area contributed by atoms with Gasteiger partial charge in [-0.25, -0.2) is 8.42 Å². The lowest BCUT2D eigenvalue weighted by Crippen LogP contribution is -2.48. The zero-order valence-corrected chi connectivity index (χ0v) is 16.4. The van der Waals surface area contributed by atoms with E-state index in [4.69, 9.17) is 4.74 Å². The summed E-state index contributed by atoms with van der Waals surface area (Å²) in [5, 5.41) is 0. The fraction of sp³-hybridized carbons (Fsp3) is 0.611. The number of morpholine rings is 1. The largest absolute Gasteiger partial charge is 0.373 e. The number of carbonyl (C=O) groups is 1. The van der Waals surface area contributed by atoms with Crippen molar-refractivity contribution in [1.82, 2.24) is 9.21 Å². The normalized spacial score (nSPS) is 22.2. The van der Waals surface area contributed by atoms with Crippen LogP contribution in [0.5, 0.6) is 0 Å². The third-order valence-electron chi connectivity index (χ3n) is 4.11. The van der Waals surface area contributed by atoms with Crippen LogP contribution in [-0.2, 0) is 14.8 Å². The first kappa shape index (κ1) is 19.9. The SMILES string of the molecule is CC(C)CN(C)C(=O)c1ccc(S(=O)(=O)N2CC(C)OC(C)C2)cc1. The minimum atomic E-state index is -3.58. The van der Waals surface area contributed by atoms with E-state index in [0.29, 0.717) is 31.1 Å². The maximum Gasteiger partial charge on any atom is 0.253 e. The molecule has 0 N–H and O–H groups in total. The molecular weight excluding hydrogens is 340 g/mol. The molecule has 1 heterocycles. The van der Waals surface area contributed by atoms with Gasteiger partial charge in [0.1, 0.15) is 0 Å². The summed E-state index contributed by atoms with van der Waals surface area (Å²) in [7, 11) is -1.83. The molecule has 1 aliphatic rings. The van der Waals surface area contributed by atoms with E-state index in [-0.39, 0.29) is 23.0 Å². The van der Waals surface area contributed by atoms with Crippen LogP contribution in [0.1, 0.15) is 38.1 Å². The topological polar surface area (TPSA) is 66.9 Å². The van der Waals surface area contributed by atoms with Crippen molar-refractivity contribution in [3.8, 4) is 0 Å². The molecule has 0 aliphatic carbocycles. The summed E-state index contributed by atoms with van der Waals surface area (Å²) in [5.41, 5.74) is 0.491. The predicted molar refractivity (Wildman–Crippen MR) is 97.0 cm³/mol. The van der Waals surface area contributed by atoms with Crippen LogP contribution in [0, 0.1) is 5.92 Å². The minimum absolute atomic E-state index is 0.105. The standard InChI is InChI=1S/C18H28N2O4S/c1-13(2)10-19(5)18(21)16-6-8-17(9-7-16)25(22,23)20-11-14(3)24-15(4)12-20/h6-9,13-15H,10-12H2,1-5H3. The van der Waals surface area contributed by atoms with E-state index in [1.54, 1.807) is 24.1 Å². The van der Waals surface area contributed by atoms with E-state index < -0.39 is 10.0 Å². The zero-order valence-electron chi connectivity index (χ0n) is 15.6. The fourth-order valence-electron chi connectivity index (χ4n) is 3.10. The Hall–Kier alpha value is -1.44. The summed E-state index contributed by atoms with van der Waals surface area (Å²) in [4.78, 5) is 14.2. The van der Waals surface area contributed by atoms with Gasteiger partial charge in [0.15, 0.2) is 0 Å². The van der Waals surface area contributed by atoms with Crippen molar-refractivity contribution in [1.29, 1.82) is 0 Å².